The molecule has 3 heteroatoms. The van der Waals surface area contributed by atoms with Crippen LogP contribution >= 0.6 is 0 Å². The van der Waals surface area contributed by atoms with Crippen LogP contribution in [0.25, 0.3) is 10.9 Å². The highest BCUT2D eigenvalue weighted by atomic mass is 16.5. The zero-order chi connectivity index (χ0) is 13.2. The molecule has 2 heterocycles. The summed E-state index contributed by atoms with van der Waals surface area (Å²) in [6.45, 7) is 2.73. The van der Waals surface area contributed by atoms with Crippen LogP contribution in [0.4, 0.5) is 0 Å². The van der Waals surface area contributed by atoms with E-state index in [9.17, 15) is 5.11 Å². The number of pyridine rings is 1. The smallest absolute Gasteiger partial charge is 0.103 e. The van der Waals surface area contributed by atoms with Gasteiger partial charge in [0.05, 0.1) is 18.4 Å². The van der Waals surface area contributed by atoms with Gasteiger partial charge in [0.25, 0.3) is 0 Å². The number of aryl methyl sites for hydroxylation is 1. The maximum absolute atomic E-state index is 10.4. The Bertz CT molecular complexity index is 634. The number of nitrogens with zero attached hydrogens (tertiary/aromatic N) is 1. The third kappa shape index (κ3) is 2.47. The summed E-state index contributed by atoms with van der Waals surface area (Å²) in [5.41, 5.74) is 3.81. The number of rotatable bonds is 2. The fourth-order valence-electron chi connectivity index (χ4n) is 2.42. The first-order valence-corrected chi connectivity index (χ1v) is 6.60. The van der Waals surface area contributed by atoms with Crippen LogP contribution in [0.5, 0.6) is 0 Å². The van der Waals surface area contributed by atoms with Crippen molar-refractivity contribution in [3.8, 4) is 0 Å². The van der Waals surface area contributed by atoms with Gasteiger partial charge >= 0.3 is 0 Å². The fourth-order valence-corrected chi connectivity index (χ4v) is 2.42. The number of aromatic nitrogens is 1. The van der Waals surface area contributed by atoms with Crippen LogP contribution in [0.3, 0.4) is 0 Å². The summed E-state index contributed by atoms with van der Waals surface area (Å²) in [7, 11) is 0. The third-order valence-electron chi connectivity index (χ3n) is 3.48. The molecule has 0 saturated heterocycles. The molecule has 1 atom stereocenters. The second-order valence-electron chi connectivity index (χ2n) is 4.97. The first kappa shape index (κ1) is 12.2. The van der Waals surface area contributed by atoms with Gasteiger partial charge in [0.15, 0.2) is 0 Å². The van der Waals surface area contributed by atoms with Crippen LogP contribution in [0.1, 0.15) is 30.2 Å². The maximum atomic E-state index is 10.4. The molecule has 3 rings (SSSR count). The van der Waals surface area contributed by atoms with Gasteiger partial charge in [-0.3, -0.25) is 4.98 Å². The number of aliphatic hydroxyl groups excluding tert-OH is 1. The highest BCUT2D eigenvalue weighted by Crippen LogP contribution is 2.29. The predicted molar refractivity (Wildman–Crippen MR) is 74.7 cm³/mol. The van der Waals surface area contributed by atoms with Crippen molar-refractivity contribution in [3.05, 3.63) is 53.4 Å². The predicted octanol–water partition coefficient (Wildman–Crippen LogP) is 3.27. The Morgan fingerprint density at radius 3 is 2.95 bits per heavy atom. The Balaban J connectivity index is 1.96. The lowest BCUT2D eigenvalue weighted by molar-refractivity contribution is 0.170. The molecule has 19 heavy (non-hydrogen) atoms. The van der Waals surface area contributed by atoms with Crippen molar-refractivity contribution in [2.75, 3.05) is 6.61 Å². The summed E-state index contributed by atoms with van der Waals surface area (Å²) in [5, 5.41) is 11.4. The molecule has 0 saturated carbocycles. The summed E-state index contributed by atoms with van der Waals surface area (Å²) in [5.74, 6) is 0. The van der Waals surface area contributed by atoms with Crippen LogP contribution < -0.4 is 0 Å². The molecule has 0 radical (unpaired) electrons. The van der Waals surface area contributed by atoms with Crippen molar-refractivity contribution < 1.29 is 9.84 Å². The van der Waals surface area contributed by atoms with Crippen LogP contribution in [-0.4, -0.2) is 16.7 Å². The first-order chi connectivity index (χ1) is 9.24. The van der Waals surface area contributed by atoms with Gasteiger partial charge < -0.3 is 9.84 Å². The van der Waals surface area contributed by atoms with Crippen molar-refractivity contribution in [2.45, 2.75) is 25.9 Å². The lowest BCUT2D eigenvalue weighted by atomic mass is 9.97. The zero-order valence-electron chi connectivity index (χ0n) is 11.0. The van der Waals surface area contributed by atoms with Crippen molar-refractivity contribution in [1.29, 1.82) is 0 Å². The average Bonchev–Trinajstić information content (AvgIpc) is 2.47. The topological polar surface area (TPSA) is 42.4 Å². The third-order valence-corrected chi connectivity index (χ3v) is 3.48. The van der Waals surface area contributed by atoms with Gasteiger partial charge in [-0.25, -0.2) is 0 Å². The highest BCUT2D eigenvalue weighted by Gasteiger charge is 2.16. The monoisotopic (exact) mass is 255 g/mol. The van der Waals surface area contributed by atoms with Crippen molar-refractivity contribution in [2.24, 2.45) is 0 Å². The van der Waals surface area contributed by atoms with E-state index in [0.717, 1.165) is 47.2 Å². The van der Waals surface area contributed by atoms with Crippen LogP contribution in [-0.2, 0) is 4.74 Å². The molecule has 1 aromatic heterocycles. The summed E-state index contributed by atoms with van der Waals surface area (Å²) in [6, 6.07) is 9.93. The maximum Gasteiger partial charge on any atom is 0.103 e. The summed E-state index contributed by atoms with van der Waals surface area (Å²) in [4.78, 5) is 4.47. The molecule has 98 valence electrons. The van der Waals surface area contributed by atoms with Crippen LogP contribution in [0.15, 0.2) is 42.2 Å². The van der Waals surface area contributed by atoms with Gasteiger partial charge in [-0.1, -0.05) is 12.1 Å². The standard InChI is InChI=1S/C16H17NO2/c1-11-4-5-12-9-13(6-7-15(12)17-11)16(18)14-3-2-8-19-10-14/h4-7,9-10,16,18H,2-3,8H2,1H3. The highest BCUT2D eigenvalue weighted by molar-refractivity contribution is 5.79. The van der Waals surface area contributed by atoms with E-state index >= 15 is 0 Å². The molecule has 1 aromatic carbocycles. The van der Waals surface area contributed by atoms with E-state index in [4.69, 9.17) is 4.74 Å². The van der Waals surface area contributed by atoms with E-state index in [-0.39, 0.29) is 0 Å². The lowest BCUT2D eigenvalue weighted by Gasteiger charge is -2.19. The van der Waals surface area contributed by atoms with Crippen molar-refractivity contribution in [3.63, 3.8) is 0 Å². The first-order valence-electron chi connectivity index (χ1n) is 6.60. The quantitative estimate of drug-likeness (QED) is 0.895. The van der Waals surface area contributed by atoms with E-state index in [1.165, 1.54) is 0 Å². The van der Waals surface area contributed by atoms with Gasteiger partial charge in [-0.2, -0.15) is 0 Å². The van der Waals surface area contributed by atoms with Crippen LogP contribution in [0.2, 0.25) is 0 Å². The molecule has 1 aliphatic heterocycles. The molecule has 0 amide bonds. The van der Waals surface area contributed by atoms with Gasteiger partial charge in [0.2, 0.25) is 0 Å². The summed E-state index contributed by atoms with van der Waals surface area (Å²) >= 11 is 0. The van der Waals surface area contributed by atoms with E-state index in [1.807, 2.05) is 37.3 Å². The minimum atomic E-state index is -0.578. The zero-order valence-corrected chi connectivity index (χ0v) is 11.0. The van der Waals surface area contributed by atoms with E-state index < -0.39 is 6.10 Å². The molecule has 1 N–H and O–H groups in total. The van der Waals surface area contributed by atoms with Gasteiger partial charge in [-0.15, -0.1) is 0 Å². The largest absolute Gasteiger partial charge is 0.501 e. The Hall–Kier alpha value is -1.87. The van der Waals surface area contributed by atoms with Crippen molar-refractivity contribution >= 4 is 10.9 Å². The fraction of sp³-hybridized carbons (Fsp3) is 0.312. The van der Waals surface area contributed by atoms with Crippen LogP contribution in [0, 0.1) is 6.92 Å². The summed E-state index contributed by atoms with van der Waals surface area (Å²) < 4.78 is 5.29. The second-order valence-corrected chi connectivity index (χ2v) is 4.97. The van der Waals surface area contributed by atoms with Gasteiger partial charge in [-0.05, 0) is 49.1 Å². The molecule has 1 unspecified atom stereocenters. The number of hydrogen-bond acceptors (Lipinski definition) is 3. The van der Waals surface area contributed by atoms with Gasteiger partial charge in [0.1, 0.15) is 6.10 Å². The molecule has 0 bridgehead atoms. The van der Waals surface area contributed by atoms with Crippen molar-refractivity contribution in [1.82, 2.24) is 4.98 Å². The second kappa shape index (κ2) is 5.02. The van der Waals surface area contributed by atoms with E-state index in [1.54, 1.807) is 6.26 Å². The number of ether oxygens (including phenoxy) is 1. The van der Waals surface area contributed by atoms with E-state index in [0.29, 0.717) is 0 Å². The normalized spacial score (nSPS) is 16.8. The Kier molecular flexibility index (Phi) is 3.22. The van der Waals surface area contributed by atoms with Gasteiger partial charge in [0, 0.05) is 11.1 Å². The molecule has 2 aromatic rings. The molecule has 0 fully saturated rings. The Morgan fingerprint density at radius 1 is 1.26 bits per heavy atom. The van der Waals surface area contributed by atoms with E-state index in [2.05, 4.69) is 4.98 Å². The Morgan fingerprint density at radius 2 is 2.16 bits per heavy atom. The molecule has 3 nitrogen and oxygen atoms in total. The number of aliphatic hydroxyl groups is 1. The molecular formula is C16H17NO2. The summed E-state index contributed by atoms with van der Waals surface area (Å²) in [6.07, 6.45) is 2.99. The molecule has 0 aliphatic carbocycles. The lowest BCUT2D eigenvalue weighted by Crippen LogP contribution is -2.07. The molecular weight excluding hydrogens is 238 g/mol. The SMILES string of the molecule is Cc1ccc2cc(C(O)C3=COCCC3)ccc2n1. The Labute approximate surface area is 112 Å². The number of fused-ring (bicyclic) bond motifs is 1. The minimum absolute atomic E-state index is 0.578. The number of benzene rings is 1. The minimum Gasteiger partial charge on any atom is -0.501 e. The number of hydrogen-bond donors (Lipinski definition) is 1. The molecule has 1 aliphatic rings. The average molecular weight is 255 g/mol. The molecule has 0 spiro atoms.